The van der Waals surface area contributed by atoms with Crippen molar-refractivity contribution in [2.45, 2.75) is 63.5 Å². The Labute approximate surface area is 112 Å². The van der Waals surface area contributed by atoms with Crippen LogP contribution in [0.2, 0.25) is 0 Å². The zero-order valence-corrected chi connectivity index (χ0v) is 12.1. The van der Waals surface area contributed by atoms with Crippen molar-refractivity contribution in [3.63, 3.8) is 0 Å². The molecule has 2 rings (SSSR count). The van der Waals surface area contributed by atoms with Crippen LogP contribution < -0.4 is 5.32 Å². The van der Waals surface area contributed by atoms with Gasteiger partial charge >= 0.3 is 0 Å². The maximum absolute atomic E-state index is 9.66. The number of nitrogens with one attached hydrogen (secondary N) is 1. The van der Waals surface area contributed by atoms with Gasteiger partial charge in [0.05, 0.1) is 6.61 Å². The Morgan fingerprint density at radius 3 is 2.56 bits per heavy atom. The number of hydrogen-bond donors (Lipinski definition) is 2. The summed E-state index contributed by atoms with van der Waals surface area (Å²) in [6.45, 7) is 5.15. The molecular weight excluding hydrogens is 224 g/mol. The molecule has 2 unspecified atom stereocenters. The van der Waals surface area contributed by atoms with Gasteiger partial charge in [0.1, 0.15) is 0 Å². The Morgan fingerprint density at radius 1 is 1.28 bits per heavy atom. The normalized spacial score (nSPS) is 35.8. The van der Waals surface area contributed by atoms with Crippen molar-refractivity contribution in [1.29, 1.82) is 0 Å². The molecule has 2 aliphatic rings. The van der Waals surface area contributed by atoms with Gasteiger partial charge in [-0.3, -0.25) is 0 Å². The van der Waals surface area contributed by atoms with Crippen LogP contribution in [-0.4, -0.2) is 48.3 Å². The van der Waals surface area contributed by atoms with Gasteiger partial charge in [-0.25, -0.2) is 0 Å². The molecular formula is C15H30N2O. The van der Waals surface area contributed by atoms with Gasteiger partial charge in [-0.2, -0.15) is 0 Å². The zero-order valence-electron chi connectivity index (χ0n) is 12.1. The Kier molecular flexibility index (Phi) is 5.05. The zero-order chi connectivity index (χ0) is 13.0. The predicted octanol–water partition coefficient (Wildman–Crippen LogP) is 2.00. The molecule has 1 heterocycles. The molecule has 0 aromatic rings. The fourth-order valence-corrected chi connectivity index (χ4v) is 3.82. The number of likely N-dealkylation sites (tertiary alicyclic amines) is 1. The lowest BCUT2D eigenvalue weighted by molar-refractivity contribution is 0.0457. The van der Waals surface area contributed by atoms with Crippen LogP contribution in [0.25, 0.3) is 0 Å². The van der Waals surface area contributed by atoms with E-state index in [-0.39, 0.29) is 12.1 Å². The minimum atomic E-state index is -0.00940. The van der Waals surface area contributed by atoms with Gasteiger partial charge < -0.3 is 15.3 Å². The topological polar surface area (TPSA) is 35.5 Å². The van der Waals surface area contributed by atoms with Crippen LogP contribution in [0.1, 0.15) is 51.9 Å². The highest BCUT2D eigenvalue weighted by Crippen LogP contribution is 2.33. The monoisotopic (exact) mass is 254 g/mol. The molecule has 106 valence electrons. The highest BCUT2D eigenvalue weighted by Gasteiger charge is 2.37. The number of piperidine rings is 1. The quantitative estimate of drug-likeness (QED) is 0.805. The van der Waals surface area contributed by atoms with Gasteiger partial charge in [-0.1, -0.05) is 13.3 Å². The predicted molar refractivity (Wildman–Crippen MR) is 75.7 cm³/mol. The molecule has 2 atom stereocenters. The van der Waals surface area contributed by atoms with Gasteiger partial charge in [-0.15, -0.1) is 0 Å². The van der Waals surface area contributed by atoms with Crippen LogP contribution in [0.15, 0.2) is 0 Å². The Morgan fingerprint density at radius 2 is 2.00 bits per heavy atom. The fraction of sp³-hybridized carbons (Fsp3) is 1.00. The number of aliphatic hydroxyl groups excluding tert-OH is 1. The van der Waals surface area contributed by atoms with Crippen molar-refractivity contribution >= 4 is 0 Å². The highest BCUT2D eigenvalue weighted by atomic mass is 16.3. The lowest BCUT2D eigenvalue weighted by atomic mass is 9.78. The summed E-state index contributed by atoms with van der Waals surface area (Å²) in [4.78, 5) is 2.69. The Bertz CT molecular complexity index is 245. The molecule has 1 saturated carbocycles. The van der Waals surface area contributed by atoms with Gasteiger partial charge in [0.25, 0.3) is 0 Å². The molecule has 3 heteroatoms. The van der Waals surface area contributed by atoms with Crippen LogP contribution in [0.3, 0.4) is 0 Å². The van der Waals surface area contributed by atoms with E-state index in [1.165, 1.54) is 45.2 Å². The summed E-state index contributed by atoms with van der Waals surface area (Å²) in [6, 6.07) is 0.691. The molecule has 0 amide bonds. The molecule has 0 bridgehead atoms. The SMILES string of the molecule is CCC1CCN(C2CCCC(CO)(NC)C2)CC1. The summed E-state index contributed by atoms with van der Waals surface area (Å²) in [7, 11) is 2.00. The van der Waals surface area contributed by atoms with Crippen LogP contribution in [0.5, 0.6) is 0 Å². The summed E-state index contributed by atoms with van der Waals surface area (Å²) < 4.78 is 0. The summed E-state index contributed by atoms with van der Waals surface area (Å²) in [5, 5.41) is 13.0. The van der Waals surface area contributed by atoms with E-state index < -0.39 is 0 Å². The third kappa shape index (κ3) is 3.06. The molecule has 0 radical (unpaired) electrons. The van der Waals surface area contributed by atoms with Crippen LogP contribution in [-0.2, 0) is 0 Å². The first-order chi connectivity index (χ1) is 8.73. The van der Waals surface area contributed by atoms with Gasteiger partial charge in [0.15, 0.2) is 0 Å². The molecule has 2 fully saturated rings. The number of rotatable bonds is 4. The van der Waals surface area contributed by atoms with Crippen molar-refractivity contribution in [3.8, 4) is 0 Å². The van der Waals surface area contributed by atoms with Crippen LogP contribution in [0, 0.1) is 5.92 Å². The van der Waals surface area contributed by atoms with E-state index in [4.69, 9.17) is 0 Å². The average molecular weight is 254 g/mol. The first-order valence-electron chi connectivity index (χ1n) is 7.77. The van der Waals surface area contributed by atoms with Gasteiger partial charge in [0.2, 0.25) is 0 Å². The second-order valence-corrected chi connectivity index (χ2v) is 6.33. The second kappa shape index (κ2) is 6.36. The standard InChI is InChI=1S/C15H30N2O/c1-3-13-6-9-17(10-7-13)14-5-4-8-15(11-14,12-18)16-2/h13-14,16,18H,3-12H2,1-2H3. The van der Waals surface area contributed by atoms with Gasteiger partial charge in [0, 0.05) is 11.6 Å². The van der Waals surface area contributed by atoms with E-state index in [1.807, 2.05) is 7.05 Å². The lowest BCUT2D eigenvalue weighted by Crippen LogP contribution is -2.55. The summed E-state index contributed by atoms with van der Waals surface area (Å²) in [5.41, 5.74) is -0.00940. The smallest absolute Gasteiger partial charge is 0.0613 e. The second-order valence-electron chi connectivity index (χ2n) is 6.33. The van der Waals surface area contributed by atoms with E-state index in [9.17, 15) is 5.11 Å². The lowest BCUT2D eigenvalue weighted by Gasteiger charge is -2.46. The van der Waals surface area contributed by atoms with Crippen molar-refractivity contribution < 1.29 is 5.11 Å². The highest BCUT2D eigenvalue weighted by molar-refractivity contribution is 4.96. The first-order valence-corrected chi connectivity index (χ1v) is 7.77. The molecule has 2 N–H and O–H groups in total. The Hall–Kier alpha value is -0.120. The van der Waals surface area contributed by atoms with E-state index in [0.717, 1.165) is 18.8 Å². The van der Waals surface area contributed by atoms with Crippen LogP contribution >= 0.6 is 0 Å². The summed E-state index contributed by atoms with van der Waals surface area (Å²) >= 11 is 0. The van der Waals surface area contributed by atoms with E-state index in [1.54, 1.807) is 0 Å². The van der Waals surface area contributed by atoms with E-state index in [2.05, 4.69) is 17.1 Å². The molecule has 1 aliphatic carbocycles. The summed E-state index contributed by atoms with van der Waals surface area (Å²) in [5.74, 6) is 0.955. The van der Waals surface area contributed by atoms with Crippen molar-refractivity contribution in [3.05, 3.63) is 0 Å². The maximum Gasteiger partial charge on any atom is 0.0613 e. The van der Waals surface area contributed by atoms with Gasteiger partial charge in [-0.05, 0) is 64.6 Å². The van der Waals surface area contributed by atoms with Crippen LogP contribution in [0.4, 0.5) is 0 Å². The number of aliphatic hydroxyl groups is 1. The molecule has 18 heavy (non-hydrogen) atoms. The Balaban J connectivity index is 1.89. The van der Waals surface area contributed by atoms with Crippen molar-refractivity contribution in [1.82, 2.24) is 10.2 Å². The minimum Gasteiger partial charge on any atom is -0.394 e. The third-order valence-corrected chi connectivity index (χ3v) is 5.39. The van der Waals surface area contributed by atoms with Crippen molar-refractivity contribution in [2.75, 3.05) is 26.7 Å². The number of hydrogen-bond acceptors (Lipinski definition) is 3. The molecule has 1 aliphatic heterocycles. The molecule has 0 aromatic carbocycles. The fourth-order valence-electron chi connectivity index (χ4n) is 3.82. The number of nitrogens with zero attached hydrogens (tertiary/aromatic N) is 1. The molecule has 1 saturated heterocycles. The average Bonchev–Trinajstić information content (AvgIpc) is 2.47. The maximum atomic E-state index is 9.66. The largest absolute Gasteiger partial charge is 0.394 e. The molecule has 0 spiro atoms. The van der Waals surface area contributed by atoms with Crippen molar-refractivity contribution in [2.24, 2.45) is 5.92 Å². The van der Waals surface area contributed by atoms with E-state index >= 15 is 0 Å². The third-order valence-electron chi connectivity index (χ3n) is 5.39. The van der Waals surface area contributed by atoms with E-state index in [0.29, 0.717) is 6.04 Å². The molecule has 0 aromatic heterocycles. The summed E-state index contributed by atoms with van der Waals surface area (Å²) in [6.07, 6.45) is 8.91. The first kappa shape index (κ1) is 14.3. The number of likely N-dealkylation sites (N-methyl/N-ethyl adjacent to an activating group) is 1. The molecule has 3 nitrogen and oxygen atoms in total. The minimum absolute atomic E-state index is 0.00940.